The molecule has 156 valence electrons. The minimum absolute atomic E-state index is 0.0469. The number of aliphatic hydroxyl groups is 4. The Bertz CT molecular complexity index is 884. The normalized spacial score (nSPS) is 31.0. The third-order valence-electron chi connectivity index (χ3n) is 5.95. The lowest BCUT2D eigenvalue weighted by atomic mass is 9.80. The molecule has 0 aliphatic carbocycles. The van der Waals surface area contributed by atoms with E-state index in [1.54, 1.807) is 6.07 Å². The standard InChI is InChI=1S/C22H25ClO6/c1-2-12-3-5-13(6-4-12)7-14-8-15-17(9-16(14)23)28-11-22(15)21(27)20(26)19(25)18(10-24)29-22/h3-6,8-9,18-21,24-27H,2,7,10-11H2,1H3/t18-,19-,20+,21-,22?/m1/s1. The highest BCUT2D eigenvalue weighted by Gasteiger charge is 2.58. The van der Waals surface area contributed by atoms with E-state index in [-0.39, 0.29) is 6.61 Å². The van der Waals surface area contributed by atoms with Crippen LogP contribution in [0, 0.1) is 0 Å². The number of halogens is 1. The van der Waals surface area contributed by atoms with Gasteiger partial charge in [0.15, 0.2) is 5.60 Å². The molecule has 5 atom stereocenters. The van der Waals surface area contributed by atoms with Crippen LogP contribution in [0.1, 0.15) is 29.2 Å². The molecule has 4 N–H and O–H groups in total. The van der Waals surface area contributed by atoms with Crippen LogP contribution in [0.15, 0.2) is 36.4 Å². The van der Waals surface area contributed by atoms with Crippen molar-refractivity contribution in [3.8, 4) is 5.75 Å². The Hall–Kier alpha value is -1.67. The third kappa shape index (κ3) is 3.44. The van der Waals surface area contributed by atoms with Gasteiger partial charge in [0.2, 0.25) is 0 Å². The Morgan fingerprint density at radius 2 is 1.76 bits per heavy atom. The smallest absolute Gasteiger partial charge is 0.159 e. The van der Waals surface area contributed by atoms with Gasteiger partial charge in [-0.1, -0.05) is 42.8 Å². The van der Waals surface area contributed by atoms with Crippen molar-refractivity contribution in [2.75, 3.05) is 13.2 Å². The summed E-state index contributed by atoms with van der Waals surface area (Å²) in [7, 11) is 0. The molecule has 1 fully saturated rings. The summed E-state index contributed by atoms with van der Waals surface area (Å²) >= 11 is 6.48. The quantitative estimate of drug-likeness (QED) is 0.599. The van der Waals surface area contributed by atoms with E-state index >= 15 is 0 Å². The summed E-state index contributed by atoms with van der Waals surface area (Å²) in [6, 6.07) is 11.8. The Morgan fingerprint density at radius 1 is 1.07 bits per heavy atom. The highest BCUT2D eigenvalue weighted by molar-refractivity contribution is 6.31. The van der Waals surface area contributed by atoms with Crippen LogP contribution >= 0.6 is 11.6 Å². The van der Waals surface area contributed by atoms with Crippen LogP contribution in [0.2, 0.25) is 5.02 Å². The SMILES string of the molecule is CCc1ccc(Cc2cc3c(cc2Cl)OCC32O[C@H](CO)[C@@H](O)[C@H](O)[C@H]2O)cc1. The lowest BCUT2D eigenvalue weighted by Crippen LogP contribution is -2.64. The molecule has 4 rings (SSSR count). The maximum Gasteiger partial charge on any atom is 0.159 e. The van der Waals surface area contributed by atoms with E-state index in [0.29, 0.717) is 22.8 Å². The van der Waals surface area contributed by atoms with Gasteiger partial charge < -0.3 is 29.9 Å². The largest absolute Gasteiger partial charge is 0.490 e. The average molecular weight is 421 g/mol. The molecule has 0 amide bonds. The van der Waals surface area contributed by atoms with E-state index < -0.39 is 36.6 Å². The number of hydrogen-bond acceptors (Lipinski definition) is 6. The molecule has 0 radical (unpaired) electrons. The summed E-state index contributed by atoms with van der Waals surface area (Å²) in [5, 5.41) is 41.2. The number of aliphatic hydroxyl groups excluding tert-OH is 4. The van der Waals surface area contributed by atoms with Gasteiger partial charge in [-0.25, -0.2) is 0 Å². The zero-order valence-corrected chi connectivity index (χ0v) is 16.8. The van der Waals surface area contributed by atoms with Crippen LogP contribution in [0.25, 0.3) is 0 Å². The van der Waals surface area contributed by atoms with Crippen molar-refractivity contribution in [3.63, 3.8) is 0 Å². The fourth-order valence-corrected chi connectivity index (χ4v) is 4.36. The summed E-state index contributed by atoms with van der Waals surface area (Å²) in [4.78, 5) is 0. The van der Waals surface area contributed by atoms with Gasteiger partial charge in [-0.2, -0.15) is 0 Å². The average Bonchev–Trinajstić information content (AvgIpc) is 3.08. The predicted molar refractivity (Wildman–Crippen MR) is 107 cm³/mol. The summed E-state index contributed by atoms with van der Waals surface area (Å²) in [6.07, 6.45) is -3.78. The fourth-order valence-electron chi connectivity index (χ4n) is 4.14. The first kappa shape index (κ1) is 20.6. The van der Waals surface area contributed by atoms with Crippen molar-refractivity contribution in [1.82, 2.24) is 0 Å². The van der Waals surface area contributed by atoms with Crippen LogP contribution < -0.4 is 4.74 Å². The van der Waals surface area contributed by atoms with Gasteiger partial charge in [0.1, 0.15) is 36.8 Å². The molecule has 2 aromatic rings. The van der Waals surface area contributed by atoms with Crippen molar-refractivity contribution in [2.45, 2.75) is 49.8 Å². The van der Waals surface area contributed by atoms with E-state index in [9.17, 15) is 20.4 Å². The van der Waals surface area contributed by atoms with Crippen molar-refractivity contribution in [3.05, 3.63) is 63.7 Å². The summed E-state index contributed by atoms with van der Waals surface area (Å²) in [6.45, 7) is 1.56. The van der Waals surface area contributed by atoms with Crippen LogP contribution in [0.3, 0.4) is 0 Å². The van der Waals surface area contributed by atoms with E-state index in [2.05, 4.69) is 31.2 Å². The Morgan fingerprint density at radius 3 is 2.41 bits per heavy atom. The number of hydrogen-bond donors (Lipinski definition) is 4. The van der Waals surface area contributed by atoms with E-state index in [1.165, 1.54) is 5.56 Å². The van der Waals surface area contributed by atoms with Crippen molar-refractivity contribution in [2.24, 2.45) is 0 Å². The van der Waals surface area contributed by atoms with Crippen LogP contribution in [0.5, 0.6) is 5.75 Å². The first-order valence-electron chi connectivity index (χ1n) is 9.76. The molecule has 7 heteroatoms. The number of fused-ring (bicyclic) bond motifs is 2. The number of ether oxygens (including phenoxy) is 2. The molecular weight excluding hydrogens is 396 g/mol. The van der Waals surface area contributed by atoms with Gasteiger partial charge in [0.05, 0.1) is 6.61 Å². The van der Waals surface area contributed by atoms with Gasteiger partial charge in [-0.15, -0.1) is 0 Å². The second kappa shape index (κ2) is 7.87. The molecular formula is C22H25ClO6. The zero-order valence-electron chi connectivity index (χ0n) is 16.1. The molecule has 0 bridgehead atoms. The third-order valence-corrected chi connectivity index (χ3v) is 6.30. The molecule has 29 heavy (non-hydrogen) atoms. The Labute approximate surface area is 174 Å². The van der Waals surface area contributed by atoms with Crippen molar-refractivity contribution >= 4 is 11.6 Å². The minimum atomic E-state index is -1.48. The maximum atomic E-state index is 10.7. The van der Waals surface area contributed by atoms with E-state index in [0.717, 1.165) is 17.5 Å². The highest BCUT2D eigenvalue weighted by Crippen LogP contribution is 2.48. The second-order valence-electron chi connectivity index (χ2n) is 7.73. The zero-order chi connectivity index (χ0) is 20.8. The number of rotatable bonds is 4. The van der Waals surface area contributed by atoms with Gasteiger partial charge in [-0.3, -0.25) is 0 Å². The molecule has 1 spiro atoms. The van der Waals surface area contributed by atoms with Crippen LogP contribution in [0.4, 0.5) is 0 Å². The second-order valence-corrected chi connectivity index (χ2v) is 8.14. The lowest BCUT2D eigenvalue weighted by molar-refractivity contribution is -0.280. The molecule has 2 aliphatic rings. The summed E-state index contributed by atoms with van der Waals surface area (Å²) in [5.74, 6) is 0.458. The number of aryl methyl sites for hydroxylation is 1. The predicted octanol–water partition coefficient (Wildman–Crippen LogP) is 1.55. The summed E-state index contributed by atoms with van der Waals surface area (Å²) in [5.41, 5.74) is 2.34. The molecule has 6 nitrogen and oxygen atoms in total. The summed E-state index contributed by atoms with van der Waals surface area (Å²) < 4.78 is 11.6. The van der Waals surface area contributed by atoms with Gasteiger partial charge in [0.25, 0.3) is 0 Å². The monoisotopic (exact) mass is 420 g/mol. The highest BCUT2D eigenvalue weighted by atomic mass is 35.5. The Balaban J connectivity index is 1.71. The van der Waals surface area contributed by atoms with Crippen LogP contribution in [-0.2, 0) is 23.2 Å². The Kier molecular flexibility index (Phi) is 5.59. The topological polar surface area (TPSA) is 99.4 Å². The fraction of sp³-hybridized carbons (Fsp3) is 0.455. The van der Waals surface area contributed by atoms with Gasteiger partial charge in [-0.05, 0) is 41.7 Å². The molecule has 2 aromatic carbocycles. The van der Waals surface area contributed by atoms with Crippen molar-refractivity contribution < 1.29 is 29.9 Å². The molecule has 1 unspecified atom stereocenters. The first-order valence-corrected chi connectivity index (χ1v) is 10.1. The number of benzene rings is 2. The maximum absolute atomic E-state index is 10.7. The lowest BCUT2D eigenvalue weighted by Gasteiger charge is -2.46. The van der Waals surface area contributed by atoms with Crippen molar-refractivity contribution in [1.29, 1.82) is 0 Å². The van der Waals surface area contributed by atoms with E-state index in [1.807, 2.05) is 6.07 Å². The molecule has 0 saturated carbocycles. The van der Waals surface area contributed by atoms with Gasteiger partial charge >= 0.3 is 0 Å². The molecule has 2 heterocycles. The molecule has 1 saturated heterocycles. The van der Waals surface area contributed by atoms with E-state index in [4.69, 9.17) is 21.1 Å². The first-order chi connectivity index (χ1) is 13.9. The molecule has 0 aromatic heterocycles. The minimum Gasteiger partial charge on any atom is -0.490 e. The molecule has 2 aliphatic heterocycles. The van der Waals surface area contributed by atoms with Crippen LogP contribution in [-0.4, -0.2) is 58.1 Å². The van der Waals surface area contributed by atoms with Gasteiger partial charge in [0, 0.05) is 10.6 Å².